The van der Waals surface area contributed by atoms with Gasteiger partial charge < -0.3 is 15.8 Å². The Morgan fingerprint density at radius 1 is 1.41 bits per heavy atom. The van der Waals surface area contributed by atoms with Crippen molar-refractivity contribution >= 4 is 17.5 Å². The number of nitrogens with zero attached hydrogens (tertiary/aromatic N) is 2. The van der Waals surface area contributed by atoms with E-state index in [1.165, 1.54) is 0 Å². The van der Waals surface area contributed by atoms with Crippen LogP contribution in [0.5, 0.6) is 5.75 Å². The number of rotatable bonds is 3. The summed E-state index contributed by atoms with van der Waals surface area (Å²) in [5, 5.41) is 2.80. The summed E-state index contributed by atoms with van der Waals surface area (Å²) < 4.78 is 18.4. The molecule has 6 heteroatoms. The number of benzene rings is 1. The number of ether oxygens (including phenoxy) is 1. The van der Waals surface area contributed by atoms with Crippen molar-refractivity contribution in [2.75, 3.05) is 18.2 Å². The maximum atomic E-state index is 13.4. The Hall–Kier alpha value is -2.37. The van der Waals surface area contributed by atoms with E-state index in [4.69, 9.17) is 10.5 Å². The molecule has 0 saturated heterocycles. The van der Waals surface area contributed by atoms with Crippen molar-refractivity contribution in [3.05, 3.63) is 36.3 Å². The highest BCUT2D eigenvalue weighted by Gasteiger charge is 2.06. The van der Waals surface area contributed by atoms with Crippen molar-refractivity contribution in [1.82, 2.24) is 9.97 Å². The van der Waals surface area contributed by atoms with Gasteiger partial charge in [0.25, 0.3) is 0 Å². The van der Waals surface area contributed by atoms with Gasteiger partial charge in [0.2, 0.25) is 5.95 Å². The van der Waals surface area contributed by atoms with Crippen LogP contribution in [0.15, 0.2) is 30.5 Å². The Morgan fingerprint density at radius 3 is 3.00 bits per heavy atom. The van der Waals surface area contributed by atoms with Gasteiger partial charge in [-0.1, -0.05) is 6.07 Å². The first-order valence-corrected chi connectivity index (χ1v) is 4.88. The largest absolute Gasteiger partial charge is 0.497 e. The lowest BCUT2D eigenvalue weighted by molar-refractivity contribution is 0.415. The summed E-state index contributed by atoms with van der Waals surface area (Å²) in [5.41, 5.74) is 6.04. The van der Waals surface area contributed by atoms with Crippen molar-refractivity contribution in [3.63, 3.8) is 0 Å². The highest BCUT2D eigenvalue weighted by molar-refractivity contribution is 5.59. The highest BCUT2D eigenvalue weighted by Crippen LogP contribution is 2.21. The molecule has 1 heterocycles. The maximum Gasteiger partial charge on any atom is 0.222 e. The third-order valence-electron chi connectivity index (χ3n) is 2.10. The molecule has 1 aromatic heterocycles. The minimum absolute atomic E-state index is 0.0109. The van der Waals surface area contributed by atoms with Gasteiger partial charge in [0.05, 0.1) is 13.3 Å². The van der Waals surface area contributed by atoms with Crippen LogP contribution in [0, 0.1) is 5.82 Å². The summed E-state index contributed by atoms with van der Waals surface area (Å²) in [4.78, 5) is 7.30. The van der Waals surface area contributed by atoms with E-state index in [0.29, 0.717) is 11.4 Å². The average Bonchev–Trinajstić information content (AvgIpc) is 2.34. The van der Waals surface area contributed by atoms with E-state index >= 15 is 0 Å². The molecular formula is C11H11FN4O. The zero-order valence-corrected chi connectivity index (χ0v) is 9.14. The van der Waals surface area contributed by atoms with Crippen LogP contribution in [0.25, 0.3) is 0 Å². The van der Waals surface area contributed by atoms with Gasteiger partial charge in [0, 0.05) is 11.8 Å². The Bertz CT molecular complexity index is 533. The summed E-state index contributed by atoms with van der Waals surface area (Å²) in [6, 6.07) is 7.05. The van der Waals surface area contributed by atoms with Gasteiger partial charge in [-0.15, -0.1) is 0 Å². The third kappa shape index (κ3) is 2.60. The molecule has 0 spiro atoms. The smallest absolute Gasteiger partial charge is 0.222 e. The second kappa shape index (κ2) is 4.65. The van der Waals surface area contributed by atoms with Crippen LogP contribution in [-0.2, 0) is 0 Å². The van der Waals surface area contributed by atoms with Crippen molar-refractivity contribution in [1.29, 1.82) is 0 Å². The molecule has 0 bridgehead atoms. The van der Waals surface area contributed by atoms with Crippen molar-refractivity contribution < 1.29 is 9.13 Å². The summed E-state index contributed by atoms with van der Waals surface area (Å²) in [6.07, 6.45) is 1.02. The molecule has 2 aromatic rings. The first-order valence-electron chi connectivity index (χ1n) is 4.88. The number of hydrogen-bond donors (Lipinski definition) is 2. The molecule has 0 aliphatic rings. The summed E-state index contributed by atoms with van der Waals surface area (Å²) in [7, 11) is 1.56. The molecule has 88 valence electrons. The molecule has 0 amide bonds. The molecule has 0 unspecified atom stereocenters. The van der Waals surface area contributed by atoms with E-state index in [2.05, 4.69) is 15.3 Å². The molecule has 0 radical (unpaired) electrons. The van der Waals surface area contributed by atoms with Crippen LogP contribution >= 0.6 is 0 Å². The number of nitrogen functional groups attached to an aromatic ring is 1. The minimum atomic E-state index is -0.568. The Labute approximate surface area is 97.5 Å². The Morgan fingerprint density at radius 2 is 2.24 bits per heavy atom. The fourth-order valence-corrected chi connectivity index (χ4v) is 1.31. The number of anilines is 3. The molecule has 1 aromatic carbocycles. The summed E-state index contributed by atoms with van der Waals surface area (Å²) in [6.45, 7) is 0. The number of hydrogen-bond acceptors (Lipinski definition) is 5. The topological polar surface area (TPSA) is 73.1 Å². The van der Waals surface area contributed by atoms with Gasteiger partial charge in [-0.25, -0.2) is 9.37 Å². The quantitative estimate of drug-likeness (QED) is 0.849. The molecule has 3 N–H and O–H groups in total. The van der Waals surface area contributed by atoms with Crippen LogP contribution in [0.1, 0.15) is 0 Å². The van der Waals surface area contributed by atoms with E-state index in [1.54, 1.807) is 31.4 Å². The van der Waals surface area contributed by atoms with Gasteiger partial charge in [-0.05, 0) is 12.1 Å². The van der Waals surface area contributed by atoms with Gasteiger partial charge >= 0.3 is 0 Å². The second-order valence-corrected chi connectivity index (χ2v) is 3.28. The fraction of sp³-hybridized carbons (Fsp3) is 0.0909. The van der Waals surface area contributed by atoms with Crippen molar-refractivity contribution in [2.45, 2.75) is 0 Å². The Balaban J connectivity index is 2.27. The van der Waals surface area contributed by atoms with Crippen LogP contribution < -0.4 is 15.8 Å². The van der Waals surface area contributed by atoms with Crippen LogP contribution in [0.4, 0.5) is 21.8 Å². The zero-order valence-electron chi connectivity index (χ0n) is 9.14. The zero-order chi connectivity index (χ0) is 12.3. The predicted octanol–water partition coefficient (Wildman–Crippen LogP) is 1.95. The van der Waals surface area contributed by atoms with E-state index in [0.717, 1.165) is 6.20 Å². The van der Waals surface area contributed by atoms with E-state index in [1.807, 2.05) is 0 Å². The number of halogens is 1. The molecule has 0 saturated carbocycles. The molecule has 5 nitrogen and oxygen atoms in total. The molecule has 0 aliphatic carbocycles. The van der Waals surface area contributed by atoms with Gasteiger partial charge in [0.15, 0.2) is 11.6 Å². The van der Waals surface area contributed by atoms with Crippen molar-refractivity contribution in [3.8, 4) is 5.75 Å². The first-order chi connectivity index (χ1) is 8.19. The Kier molecular flexibility index (Phi) is 3.04. The van der Waals surface area contributed by atoms with Gasteiger partial charge in [-0.2, -0.15) is 4.98 Å². The van der Waals surface area contributed by atoms with Crippen molar-refractivity contribution in [2.24, 2.45) is 0 Å². The van der Waals surface area contributed by atoms with E-state index in [9.17, 15) is 4.39 Å². The van der Waals surface area contributed by atoms with Gasteiger partial charge in [-0.3, -0.25) is 0 Å². The molecule has 2 rings (SSSR count). The highest BCUT2D eigenvalue weighted by atomic mass is 19.1. The molecule has 0 fully saturated rings. The number of methoxy groups -OCH3 is 1. The predicted molar refractivity (Wildman–Crippen MR) is 62.7 cm³/mol. The summed E-state index contributed by atoms with van der Waals surface area (Å²) >= 11 is 0. The maximum absolute atomic E-state index is 13.4. The lowest BCUT2D eigenvalue weighted by Crippen LogP contribution is -2.02. The van der Waals surface area contributed by atoms with E-state index in [-0.39, 0.29) is 11.8 Å². The van der Waals surface area contributed by atoms with Gasteiger partial charge in [0.1, 0.15) is 5.75 Å². The second-order valence-electron chi connectivity index (χ2n) is 3.28. The summed E-state index contributed by atoms with van der Waals surface area (Å²) in [5.74, 6) is 0.141. The molecule has 0 aliphatic heterocycles. The number of nitrogens with one attached hydrogen (secondary N) is 1. The lowest BCUT2D eigenvalue weighted by atomic mass is 10.3. The molecule has 0 atom stereocenters. The average molecular weight is 234 g/mol. The van der Waals surface area contributed by atoms with Crippen LogP contribution in [0.3, 0.4) is 0 Å². The van der Waals surface area contributed by atoms with Crippen LogP contribution in [0.2, 0.25) is 0 Å². The number of nitrogens with two attached hydrogens (primary N) is 1. The van der Waals surface area contributed by atoms with E-state index < -0.39 is 5.82 Å². The first kappa shape index (κ1) is 11.1. The standard InChI is InChI=1S/C11H11FN4O/c1-17-8-4-2-3-7(5-8)15-10-9(12)6-14-11(13)16-10/h2-6H,1H3,(H3,13,14,15,16). The third-order valence-corrected chi connectivity index (χ3v) is 2.10. The molecular weight excluding hydrogens is 223 g/mol. The monoisotopic (exact) mass is 234 g/mol. The fourth-order valence-electron chi connectivity index (χ4n) is 1.31. The SMILES string of the molecule is COc1cccc(Nc2nc(N)ncc2F)c1. The molecule has 17 heavy (non-hydrogen) atoms. The number of aromatic nitrogens is 2. The van der Waals surface area contributed by atoms with Crippen LogP contribution in [-0.4, -0.2) is 17.1 Å². The normalized spacial score (nSPS) is 10.0. The lowest BCUT2D eigenvalue weighted by Gasteiger charge is -2.08. The minimum Gasteiger partial charge on any atom is -0.497 e.